The lowest BCUT2D eigenvalue weighted by atomic mass is 9.92. The second-order valence-electron chi connectivity index (χ2n) is 7.70. The Morgan fingerprint density at radius 1 is 1.00 bits per heavy atom. The number of hydrogen-bond donors (Lipinski definition) is 2. The molecule has 0 spiro atoms. The van der Waals surface area contributed by atoms with Crippen LogP contribution in [0.4, 0.5) is 0 Å². The van der Waals surface area contributed by atoms with Crippen LogP contribution >= 0.6 is 35.7 Å². The fraction of sp³-hybridized carbons (Fsp3) is 0.947. The van der Waals surface area contributed by atoms with E-state index >= 15 is 0 Å². The van der Waals surface area contributed by atoms with Crippen molar-refractivity contribution in [3.63, 3.8) is 0 Å². The topological polar surface area (TPSA) is 42.9 Å². The molecule has 0 unspecified atom stereocenters. The highest BCUT2D eigenvalue weighted by molar-refractivity contribution is 14.0. The van der Waals surface area contributed by atoms with Crippen LogP contribution in [0.25, 0.3) is 0 Å². The van der Waals surface area contributed by atoms with Crippen LogP contribution in [0.1, 0.15) is 44.9 Å². The third-order valence-electron chi connectivity index (χ3n) is 6.01. The van der Waals surface area contributed by atoms with Crippen LogP contribution < -0.4 is 10.6 Å². The van der Waals surface area contributed by atoms with Gasteiger partial charge in [-0.2, -0.15) is 11.8 Å². The number of aliphatic imine (C=N–C) groups is 1. The summed E-state index contributed by atoms with van der Waals surface area (Å²) in [6.07, 6.45) is 9.69. The molecule has 3 rings (SSSR count). The minimum absolute atomic E-state index is 0. The summed E-state index contributed by atoms with van der Waals surface area (Å²) >= 11 is 2.07. The molecule has 1 aliphatic carbocycles. The van der Waals surface area contributed by atoms with Gasteiger partial charge >= 0.3 is 0 Å². The Morgan fingerprint density at radius 2 is 1.69 bits per heavy atom. The van der Waals surface area contributed by atoms with E-state index in [9.17, 15) is 0 Å². The quantitative estimate of drug-likeness (QED) is 0.349. The molecular formula is C19H38IN5S. The minimum atomic E-state index is 0. The first-order valence-corrected chi connectivity index (χ1v) is 11.5. The van der Waals surface area contributed by atoms with Gasteiger partial charge in [-0.15, -0.1) is 24.0 Å². The van der Waals surface area contributed by atoms with Crippen LogP contribution in [-0.4, -0.2) is 85.7 Å². The normalized spacial score (nSPS) is 24.9. The maximum atomic E-state index is 4.43. The van der Waals surface area contributed by atoms with Gasteiger partial charge in [0.2, 0.25) is 0 Å². The molecule has 0 aromatic carbocycles. The molecule has 7 heteroatoms. The van der Waals surface area contributed by atoms with Crippen LogP contribution in [-0.2, 0) is 0 Å². The molecule has 3 aliphatic rings. The second kappa shape index (κ2) is 12.7. The summed E-state index contributed by atoms with van der Waals surface area (Å²) in [4.78, 5) is 9.74. The van der Waals surface area contributed by atoms with E-state index in [4.69, 9.17) is 0 Å². The second-order valence-corrected chi connectivity index (χ2v) is 8.92. The van der Waals surface area contributed by atoms with Gasteiger partial charge in [-0.3, -0.25) is 9.89 Å². The Labute approximate surface area is 181 Å². The van der Waals surface area contributed by atoms with E-state index in [0.717, 1.165) is 25.1 Å². The van der Waals surface area contributed by atoms with Gasteiger partial charge in [-0.05, 0) is 25.7 Å². The van der Waals surface area contributed by atoms with Gasteiger partial charge < -0.3 is 15.5 Å². The van der Waals surface area contributed by atoms with Crippen molar-refractivity contribution in [3.8, 4) is 0 Å². The number of halogens is 1. The average molecular weight is 496 g/mol. The van der Waals surface area contributed by atoms with Crippen LogP contribution in [0.3, 0.4) is 0 Å². The van der Waals surface area contributed by atoms with Crippen LogP contribution in [0.5, 0.6) is 0 Å². The summed E-state index contributed by atoms with van der Waals surface area (Å²) in [6.45, 7) is 7.10. The Balaban J connectivity index is 0.00000243. The summed E-state index contributed by atoms with van der Waals surface area (Å²) in [5.41, 5.74) is 0. The maximum absolute atomic E-state index is 4.43. The minimum Gasteiger partial charge on any atom is -0.355 e. The largest absolute Gasteiger partial charge is 0.355 e. The van der Waals surface area contributed by atoms with Gasteiger partial charge in [-0.25, -0.2) is 0 Å². The highest BCUT2D eigenvalue weighted by atomic mass is 127. The molecule has 3 fully saturated rings. The van der Waals surface area contributed by atoms with E-state index in [0.29, 0.717) is 6.04 Å². The summed E-state index contributed by atoms with van der Waals surface area (Å²) in [5, 5.41) is 7.17. The SMILES string of the molecule is CN=C(NCCN1CCSCC1)NC1CCN(C2CCCCC2)CC1.I. The zero-order valence-corrected chi connectivity index (χ0v) is 19.6. The van der Waals surface area contributed by atoms with E-state index < -0.39 is 0 Å². The molecule has 2 N–H and O–H groups in total. The van der Waals surface area contributed by atoms with Gasteiger partial charge in [0, 0.05) is 69.9 Å². The molecule has 152 valence electrons. The molecular weight excluding hydrogens is 457 g/mol. The average Bonchev–Trinajstić information content (AvgIpc) is 2.69. The Kier molecular flexibility index (Phi) is 11.0. The van der Waals surface area contributed by atoms with Crippen LogP contribution in [0.2, 0.25) is 0 Å². The Bertz CT molecular complexity index is 403. The van der Waals surface area contributed by atoms with E-state index in [1.165, 1.54) is 82.6 Å². The summed E-state index contributed by atoms with van der Waals surface area (Å²) in [6, 6.07) is 1.45. The molecule has 0 amide bonds. The van der Waals surface area contributed by atoms with Crippen molar-refractivity contribution >= 4 is 41.7 Å². The van der Waals surface area contributed by atoms with Crippen LogP contribution in [0, 0.1) is 0 Å². The highest BCUT2D eigenvalue weighted by Crippen LogP contribution is 2.25. The third-order valence-corrected chi connectivity index (χ3v) is 6.95. The van der Waals surface area contributed by atoms with Crippen molar-refractivity contribution in [1.82, 2.24) is 20.4 Å². The molecule has 26 heavy (non-hydrogen) atoms. The molecule has 1 saturated carbocycles. The molecule has 5 nitrogen and oxygen atoms in total. The number of nitrogens with one attached hydrogen (secondary N) is 2. The molecule has 0 bridgehead atoms. The van der Waals surface area contributed by atoms with Crippen molar-refractivity contribution < 1.29 is 0 Å². The molecule has 2 aliphatic heterocycles. The smallest absolute Gasteiger partial charge is 0.191 e. The first-order valence-electron chi connectivity index (χ1n) is 10.4. The van der Waals surface area contributed by atoms with Gasteiger partial charge in [-0.1, -0.05) is 19.3 Å². The molecule has 0 aromatic heterocycles. The van der Waals surface area contributed by atoms with Gasteiger partial charge in [0.15, 0.2) is 5.96 Å². The predicted molar refractivity (Wildman–Crippen MR) is 125 cm³/mol. The lowest BCUT2D eigenvalue weighted by Gasteiger charge is -2.39. The number of hydrogen-bond acceptors (Lipinski definition) is 4. The fourth-order valence-corrected chi connectivity index (χ4v) is 5.38. The van der Waals surface area contributed by atoms with Crippen molar-refractivity contribution in [1.29, 1.82) is 0 Å². The summed E-state index contributed by atoms with van der Waals surface area (Å²) in [7, 11) is 1.89. The number of likely N-dealkylation sites (tertiary alicyclic amines) is 1. The van der Waals surface area contributed by atoms with E-state index in [2.05, 4.69) is 37.2 Å². The molecule has 2 saturated heterocycles. The Hall–Kier alpha value is 0.270. The Morgan fingerprint density at radius 3 is 2.35 bits per heavy atom. The third kappa shape index (κ3) is 7.36. The van der Waals surface area contributed by atoms with Crippen molar-refractivity contribution in [3.05, 3.63) is 0 Å². The zero-order chi connectivity index (χ0) is 17.3. The van der Waals surface area contributed by atoms with Gasteiger partial charge in [0.25, 0.3) is 0 Å². The highest BCUT2D eigenvalue weighted by Gasteiger charge is 2.26. The lowest BCUT2D eigenvalue weighted by Crippen LogP contribution is -2.51. The van der Waals surface area contributed by atoms with Gasteiger partial charge in [0.05, 0.1) is 0 Å². The van der Waals surface area contributed by atoms with E-state index in [1.54, 1.807) is 0 Å². The molecule has 2 heterocycles. The monoisotopic (exact) mass is 495 g/mol. The number of guanidine groups is 1. The molecule has 0 radical (unpaired) electrons. The first kappa shape index (κ1) is 22.6. The standard InChI is InChI=1S/C19H37N5S.HI/c1-20-19(21-9-12-23-13-15-25-16-14-23)22-17-7-10-24(11-8-17)18-5-3-2-4-6-18;/h17-18H,2-16H2,1H3,(H2,20,21,22);1H. The number of nitrogens with zero attached hydrogens (tertiary/aromatic N) is 3. The number of rotatable bonds is 5. The lowest BCUT2D eigenvalue weighted by molar-refractivity contribution is 0.119. The number of thioether (sulfide) groups is 1. The molecule has 0 aromatic rings. The first-order chi connectivity index (χ1) is 12.3. The van der Waals surface area contributed by atoms with Crippen molar-refractivity contribution in [2.24, 2.45) is 4.99 Å². The predicted octanol–water partition coefficient (Wildman–Crippen LogP) is 2.62. The molecule has 0 atom stereocenters. The number of piperidine rings is 1. The fourth-order valence-electron chi connectivity index (χ4n) is 4.40. The van der Waals surface area contributed by atoms with Crippen molar-refractivity contribution in [2.45, 2.75) is 57.0 Å². The van der Waals surface area contributed by atoms with Crippen LogP contribution in [0.15, 0.2) is 4.99 Å². The van der Waals surface area contributed by atoms with Gasteiger partial charge in [0.1, 0.15) is 0 Å². The zero-order valence-electron chi connectivity index (χ0n) is 16.4. The van der Waals surface area contributed by atoms with E-state index in [-0.39, 0.29) is 24.0 Å². The van der Waals surface area contributed by atoms with Crippen molar-refractivity contribution in [2.75, 3.05) is 57.8 Å². The van der Waals surface area contributed by atoms with E-state index in [1.807, 2.05) is 7.05 Å². The maximum Gasteiger partial charge on any atom is 0.191 e. The summed E-state index contributed by atoms with van der Waals surface area (Å²) in [5.74, 6) is 3.56. The summed E-state index contributed by atoms with van der Waals surface area (Å²) < 4.78 is 0.